The minimum Gasteiger partial charge on any atom is -0.385 e. The molecule has 26 heavy (non-hydrogen) atoms. The van der Waals surface area contributed by atoms with Gasteiger partial charge in [0.05, 0.1) is 0 Å². The molecule has 1 fully saturated rings. The van der Waals surface area contributed by atoms with Gasteiger partial charge in [-0.1, -0.05) is 18.2 Å². The first-order valence-corrected chi connectivity index (χ1v) is 9.48. The smallest absolute Gasteiger partial charge is 0.253 e. The molecule has 1 saturated heterocycles. The third-order valence-electron chi connectivity index (χ3n) is 5.12. The summed E-state index contributed by atoms with van der Waals surface area (Å²) < 4.78 is 5.15. The number of nitrogens with zero attached hydrogens (tertiary/aromatic N) is 2. The minimum atomic E-state index is 0.142. The monoisotopic (exact) mass is 352 g/mol. The Morgan fingerprint density at radius 3 is 2.92 bits per heavy atom. The van der Waals surface area contributed by atoms with Crippen LogP contribution in [0.25, 0.3) is 11.1 Å². The van der Waals surface area contributed by atoms with Crippen molar-refractivity contribution in [1.29, 1.82) is 0 Å². The van der Waals surface area contributed by atoms with E-state index < -0.39 is 0 Å². The fraction of sp³-hybridized carbons (Fsp3) is 0.455. The summed E-state index contributed by atoms with van der Waals surface area (Å²) in [6.07, 6.45) is 6.37. The molecule has 1 aromatic carbocycles. The summed E-state index contributed by atoms with van der Waals surface area (Å²) in [6, 6.07) is 12.0. The molecule has 3 rings (SSSR count). The van der Waals surface area contributed by atoms with Crippen molar-refractivity contribution < 1.29 is 9.53 Å². The van der Waals surface area contributed by atoms with Crippen molar-refractivity contribution in [2.24, 2.45) is 5.92 Å². The Bertz CT molecular complexity index is 727. The van der Waals surface area contributed by atoms with Crippen LogP contribution in [-0.4, -0.2) is 42.6 Å². The number of pyridine rings is 1. The summed E-state index contributed by atoms with van der Waals surface area (Å²) in [5.41, 5.74) is 3.84. The zero-order chi connectivity index (χ0) is 18.4. The predicted molar refractivity (Wildman–Crippen MR) is 104 cm³/mol. The van der Waals surface area contributed by atoms with Crippen molar-refractivity contribution in [3.63, 3.8) is 0 Å². The number of rotatable bonds is 6. The summed E-state index contributed by atoms with van der Waals surface area (Å²) in [4.78, 5) is 19.4. The number of amides is 1. The number of aryl methyl sites for hydroxylation is 1. The molecule has 4 heteroatoms. The van der Waals surface area contributed by atoms with E-state index in [1.807, 2.05) is 48.4 Å². The van der Waals surface area contributed by atoms with Crippen LogP contribution in [0, 0.1) is 12.8 Å². The van der Waals surface area contributed by atoms with E-state index in [0.29, 0.717) is 5.92 Å². The number of aromatic nitrogens is 1. The van der Waals surface area contributed by atoms with Gasteiger partial charge in [0.2, 0.25) is 0 Å². The molecule has 0 aliphatic carbocycles. The number of carbonyl (C=O) groups excluding carboxylic acids is 1. The summed E-state index contributed by atoms with van der Waals surface area (Å²) >= 11 is 0. The number of hydrogen-bond acceptors (Lipinski definition) is 3. The van der Waals surface area contributed by atoms with E-state index in [-0.39, 0.29) is 5.91 Å². The average molecular weight is 352 g/mol. The van der Waals surface area contributed by atoms with E-state index in [4.69, 9.17) is 4.74 Å². The Balaban J connectivity index is 1.69. The van der Waals surface area contributed by atoms with Crippen LogP contribution in [0.5, 0.6) is 0 Å². The van der Waals surface area contributed by atoms with E-state index in [9.17, 15) is 4.79 Å². The maximum Gasteiger partial charge on any atom is 0.253 e. The lowest BCUT2D eigenvalue weighted by Crippen LogP contribution is -2.40. The molecular formula is C22H28N2O2. The molecule has 1 atom stereocenters. The van der Waals surface area contributed by atoms with Crippen LogP contribution >= 0.6 is 0 Å². The van der Waals surface area contributed by atoms with Gasteiger partial charge >= 0.3 is 0 Å². The van der Waals surface area contributed by atoms with Gasteiger partial charge in [-0.15, -0.1) is 0 Å². The highest BCUT2D eigenvalue weighted by Gasteiger charge is 2.24. The van der Waals surface area contributed by atoms with E-state index in [2.05, 4.69) is 11.1 Å². The van der Waals surface area contributed by atoms with Gasteiger partial charge < -0.3 is 9.64 Å². The topological polar surface area (TPSA) is 42.4 Å². The van der Waals surface area contributed by atoms with E-state index in [1.165, 1.54) is 6.42 Å². The van der Waals surface area contributed by atoms with Gasteiger partial charge in [-0.25, -0.2) is 0 Å². The van der Waals surface area contributed by atoms with Crippen LogP contribution in [0.2, 0.25) is 0 Å². The molecule has 2 aromatic rings. The van der Waals surface area contributed by atoms with Gasteiger partial charge in [-0.2, -0.15) is 0 Å². The average Bonchev–Trinajstić information content (AvgIpc) is 2.68. The molecule has 0 saturated carbocycles. The molecule has 0 N–H and O–H groups in total. The first-order valence-electron chi connectivity index (χ1n) is 9.48. The second kappa shape index (κ2) is 8.95. The fourth-order valence-electron chi connectivity index (χ4n) is 3.65. The maximum absolute atomic E-state index is 13.0. The van der Waals surface area contributed by atoms with Gasteiger partial charge in [-0.05, 0) is 62.3 Å². The van der Waals surface area contributed by atoms with Crippen LogP contribution in [0.1, 0.15) is 41.7 Å². The van der Waals surface area contributed by atoms with Crippen LogP contribution in [0.3, 0.4) is 0 Å². The van der Waals surface area contributed by atoms with Crippen molar-refractivity contribution in [2.75, 3.05) is 26.8 Å². The lowest BCUT2D eigenvalue weighted by molar-refractivity contribution is 0.0660. The largest absolute Gasteiger partial charge is 0.385 e. The standard InChI is InChI=1S/C22H28N2O2/c1-17-10-11-21(15-23-17)19-8-3-9-20(14-19)22(25)24-12-4-6-18(16-24)7-5-13-26-2/h3,8-11,14-15,18H,4-7,12-13,16H2,1-2H3/t18-/m0/s1. The molecular weight excluding hydrogens is 324 g/mol. The van der Waals surface area contributed by atoms with Crippen molar-refractivity contribution in [3.05, 3.63) is 53.9 Å². The molecule has 1 aliphatic heterocycles. The molecule has 0 spiro atoms. The van der Waals surface area contributed by atoms with Crippen LogP contribution < -0.4 is 0 Å². The van der Waals surface area contributed by atoms with Gasteiger partial charge in [0.1, 0.15) is 0 Å². The number of ether oxygens (including phenoxy) is 1. The number of carbonyl (C=O) groups is 1. The molecule has 2 heterocycles. The Morgan fingerprint density at radius 2 is 2.15 bits per heavy atom. The highest BCUT2D eigenvalue weighted by Crippen LogP contribution is 2.24. The van der Waals surface area contributed by atoms with Gasteiger partial charge in [-0.3, -0.25) is 9.78 Å². The Kier molecular flexibility index (Phi) is 6.40. The first kappa shape index (κ1) is 18.6. The molecule has 0 radical (unpaired) electrons. The van der Waals surface area contributed by atoms with Crippen LogP contribution in [0.4, 0.5) is 0 Å². The maximum atomic E-state index is 13.0. The summed E-state index contributed by atoms with van der Waals surface area (Å²) in [5, 5.41) is 0. The third-order valence-corrected chi connectivity index (χ3v) is 5.12. The molecule has 1 aromatic heterocycles. The van der Waals surface area contributed by atoms with E-state index in [1.54, 1.807) is 7.11 Å². The highest BCUT2D eigenvalue weighted by molar-refractivity contribution is 5.95. The van der Waals surface area contributed by atoms with E-state index >= 15 is 0 Å². The normalized spacial score (nSPS) is 17.3. The van der Waals surface area contributed by atoms with Crippen molar-refractivity contribution >= 4 is 5.91 Å². The zero-order valence-electron chi connectivity index (χ0n) is 15.8. The van der Waals surface area contributed by atoms with Crippen molar-refractivity contribution in [2.45, 2.75) is 32.6 Å². The minimum absolute atomic E-state index is 0.142. The SMILES string of the molecule is COCCC[C@@H]1CCCN(C(=O)c2cccc(-c3ccc(C)nc3)c2)C1. The summed E-state index contributed by atoms with van der Waals surface area (Å²) in [5.74, 6) is 0.732. The summed E-state index contributed by atoms with van der Waals surface area (Å²) in [7, 11) is 1.74. The first-order chi connectivity index (χ1) is 12.7. The lowest BCUT2D eigenvalue weighted by Gasteiger charge is -2.33. The highest BCUT2D eigenvalue weighted by atomic mass is 16.5. The second-order valence-electron chi connectivity index (χ2n) is 7.16. The molecule has 4 nitrogen and oxygen atoms in total. The lowest BCUT2D eigenvalue weighted by atomic mass is 9.93. The van der Waals surface area contributed by atoms with Crippen molar-refractivity contribution in [3.8, 4) is 11.1 Å². The number of piperidine rings is 1. The van der Waals surface area contributed by atoms with Crippen molar-refractivity contribution in [1.82, 2.24) is 9.88 Å². The summed E-state index contributed by atoms with van der Waals surface area (Å²) in [6.45, 7) is 4.50. The van der Waals surface area contributed by atoms with Gasteiger partial charge in [0.15, 0.2) is 0 Å². The fourth-order valence-corrected chi connectivity index (χ4v) is 3.65. The number of likely N-dealkylation sites (tertiary alicyclic amines) is 1. The number of methoxy groups -OCH3 is 1. The second-order valence-corrected chi connectivity index (χ2v) is 7.16. The number of hydrogen-bond donors (Lipinski definition) is 0. The molecule has 0 unspecified atom stereocenters. The number of benzene rings is 1. The molecule has 138 valence electrons. The Labute approximate surface area is 156 Å². The van der Waals surface area contributed by atoms with Gasteiger partial charge in [0, 0.05) is 49.8 Å². The van der Waals surface area contributed by atoms with Crippen LogP contribution in [-0.2, 0) is 4.74 Å². The molecule has 1 aliphatic rings. The Morgan fingerprint density at radius 1 is 1.27 bits per heavy atom. The quantitative estimate of drug-likeness (QED) is 0.727. The van der Waals surface area contributed by atoms with E-state index in [0.717, 1.165) is 61.3 Å². The predicted octanol–water partition coefficient (Wildman–Crippen LogP) is 4.34. The van der Waals surface area contributed by atoms with Gasteiger partial charge in [0.25, 0.3) is 5.91 Å². The van der Waals surface area contributed by atoms with Crippen LogP contribution in [0.15, 0.2) is 42.6 Å². The molecule has 0 bridgehead atoms. The Hall–Kier alpha value is -2.20. The third kappa shape index (κ3) is 4.70. The zero-order valence-corrected chi connectivity index (χ0v) is 15.8. The molecule has 1 amide bonds.